The van der Waals surface area contributed by atoms with E-state index < -0.39 is 37.5 Å². The number of ether oxygens (including phenoxy) is 1. The van der Waals surface area contributed by atoms with E-state index in [-0.39, 0.29) is 18.4 Å². The van der Waals surface area contributed by atoms with E-state index in [4.69, 9.17) is 13.8 Å². The summed E-state index contributed by atoms with van der Waals surface area (Å²) in [4.78, 5) is 25.3. The van der Waals surface area contributed by atoms with Gasteiger partial charge in [-0.3, -0.25) is 9.36 Å². The number of benzene rings is 1. The molecule has 9 nitrogen and oxygen atoms in total. The first-order valence-corrected chi connectivity index (χ1v) is 12.3. The van der Waals surface area contributed by atoms with E-state index in [0.29, 0.717) is 12.8 Å². The number of alkyl carbamates (subject to hydrolysis) is 1. The van der Waals surface area contributed by atoms with Crippen molar-refractivity contribution < 1.29 is 33.0 Å². The summed E-state index contributed by atoms with van der Waals surface area (Å²) < 4.78 is 27.7. The highest BCUT2D eigenvalue weighted by atomic mass is 31.2. The molecular formula is C22H37N2O7P. The molecule has 3 atom stereocenters. The van der Waals surface area contributed by atoms with E-state index in [1.54, 1.807) is 0 Å². The Labute approximate surface area is 190 Å². The zero-order chi connectivity index (χ0) is 24.3. The molecule has 0 aliphatic carbocycles. The number of amides is 2. The quantitative estimate of drug-likeness (QED) is 0.374. The Morgan fingerprint density at radius 3 is 2.03 bits per heavy atom. The van der Waals surface area contributed by atoms with Gasteiger partial charge in [0.25, 0.3) is 0 Å². The maximum atomic E-state index is 13.0. The van der Waals surface area contributed by atoms with E-state index in [9.17, 15) is 19.3 Å². The standard InChI is InChI=1S/C22H37N2O7P/c1-15(2)12-18(24-22(27)31-14-17-10-8-7-9-11-17)20(25)23-19(13-16(3)4)21(26)32(28,29-5)30-6/h7-11,15-16,18-19,21,26H,12-14H2,1-6H3,(H,23,25)(H,24,27)/t18-,19-,21?/m0/s1. The lowest BCUT2D eigenvalue weighted by Crippen LogP contribution is -2.53. The van der Waals surface area contributed by atoms with Gasteiger partial charge in [0.1, 0.15) is 12.6 Å². The van der Waals surface area contributed by atoms with Crippen LogP contribution in [0.3, 0.4) is 0 Å². The van der Waals surface area contributed by atoms with Crippen LogP contribution in [0.15, 0.2) is 30.3 Å². The van der Waals surface area contributed by atoms with Gasteiger partial charge in [0.15, 0.2) is 5.85 Å². The fraction of sp³-hybridized carbons (Fsp3) is 0.636. The smallest absolute Gasteiger partial charge is 0.408 e. The first kappa shape index (κ1) is 28.1. The molecule has 182 valence electrons. The average molecular weight is 473 g/mol. The van der Waals surface area contributed by atoms with Crippen molar-refractivity contribution in [3.8, 4) is 0 Å². The van der Waals surface area contributed by atoms with Crippen LogP contribution in [0.2, 0.25) is 0 Å². The second-order valence-corrected chi connectivity index (χ2v) is 10.8. The van der Waals surface area contributed by atoms with Crippen LogP contribution in [0.1, 0.15) is 46.1 Å². The zero-order valence-electron chi connectivity index (χ0n) is 19.7. The molecule has 1 rings (SSSR count). The summed E-state index contributed by atoms with van der Waals surface area (Å²) in [6, 6.07) is 7.39. The van der Waals surface area contributed by atoms with E-state index >= 15 is 0 Å². The molecule has 1 aromatic carbocycles. The SMILES string of the molecule is COP(=O)(OC)C(O)[C@H](CC(C)C)NC(=O)[C@H](CC(C)C)NC(=O)OCc1ccccc1. The molecule has 0 radical (unpaired) electrons. The Balaban J connectivity index is 2.90. The Morgan fingerprint density at radius 2 is 1.53 bits per heavy atom. The molecule has 0 fully saturated rings. The van der Waals surface area contributed by atoms with E-state index in [2.05, 4.69) is 10.6 Å². The lowest BCUT2D eigenvalue weighted by molar-refractivity contribution is -0.124. The fourth-order valence-corrected chi connectivity index (χ4v) is 4.39. The van der Waals surface area contributed by atoms with Gasteiger partial charge in [-0.15, -0.1) is 0 Å². The lowest BCUT2D eigenvalue weighted by atomic mass is 10.0. The normalized spacial score (nSPS) is 14.7. The van der Waals surface area contributed by atoms with Gasteiger partial charge in [0.05, 0.1) is 6.04 Å². The summed E-state index contributed by atoms with van der Waals surface area (Å²) >= 11 is 0. The number of aliphatic hydroxyl groups is 1. The average Bonchev–Trinajstić information content (AvgIpc) is 2.75. The molecule has 2 amide bonds. The molecular weight excluding hydrogens is 435 g/mol. The number of carbonyl (C=O) groups excluding carboxylic acids is 2. The third-order valence-corrected chi connectivity index (χ3v) is 6.80. The van der Waals surface area contributed by atoms with Gasteiger partial charge in [-0.25, -0.2) is 4.79 Å². The van der Waals surface area contributed by atoms with Crippen molar-refractivity contribution in [2.45, 2.75) is 65.1 Å². The van der Waals surface area contributed by atoms with Crippen LogP contribution in [0.4, 0.5) is 4.79 Å². The first-order chi connectivity index (χ1) is 15.0. The van der Waals surface area contributed by atoms with Crippen molar-refractivity contribution in [3.05, 3.63) is 35.9 Å². The van der Waals surface area contributed by atoms with E-state index in [1.165, 1.54) is 14.2 Å². The predicted octanol–water partition coefficient (Wildman–Crippen LogP) is 3.66. The van der Waals surface area contributed by atoms with E-state index in [1.807, 2.05) is 58.0 Å². The largest absolute Gasteiger partial charge is 0.445 e. The van der Waals surface area contributed by atoms with Crippen LogP contribution in [0.5, 0.6) is 0 Å². The number of hydrogen-bond acceptors (Lipinski definition) is 7. The molecule has 0 aliphatic heterocycles. The van der Waals surface area contributed by atoms with Crippen molar-refractivity contribution in [3.63, 3.8) is 0 Å². The molecule has 32 heavy (non-hydrogen) atoms. The van der Waals surface area contributed by atoms with Gasteiger partial charge < -0.3 is 29.5 Å². The molecule has 3 N–H and O–H groups in total. The highest BCUT2D eigenvalue weighted by molar-refractivity contribution is 7.54. The molecule has 0 aliphatic rings. The summed E-state index contributed by atoms with van der Waals surface area (Å²) in [6.45, 7) is 7.72. The number of carbonyl (C=O) groups is 2. The zero-order valence-corrected chi connectivity index (χ0v) is 20.6. The Hall–Kier alpha value is -1.93. The Kier molecular flexibility index (Phi) is 11.9. The molecule has 1 unspecified atom stereocenters. The van der Waals surface area contributed by atoms with Crippen LogP contribution in [-0.2, 0) is 29.8 Å². The van der Waals surface area contributed by atoms with Crippen LogP contribution < -0.4 is 10.6 Å². The summed E-state index contributed by atoms with van der Waals surface area (Å²) in [5.74, 6) is -1.91. The third kappa shape index (κ3) is 9.28. The highest BCUT2D eigenvalue weighted by Gasteiger charge is 2.40. The van der Waals surface area contributed by atoms with Crippen LogP contribution in [0, 0.1) is 11.8 Å². The molecule has 0 spiro atoms. The minimum atomic E-state index is -3.84. The second-order valence-electron chi connectivity index (χ2n) is 8.45. The highest BCUT2D eigenvalue weighted by Crippen LogP contribution is 2.52. The number of hydrogen-bond donors (Lipinski definition) is 3. The van der Waals surface area contributed by atoms with Crippen molar-refractivity contribution >= 4 is 19.6 Å². The molecule has 0 heterocycles. The van der Waals surface area contributed by atoms with Gasteiger partial charge in [-0.2, -0.15) is 0 Å². The molecule has 1 aromatic rings. The molecule has 0 saturated carbocycles. The van der Waals surface area contributed by atoms with Crippen LogP contribution in [0.25, 0.3) is 0 Å². The van der Waals surface area contributed by atoms with Gasteiger partial charge in [0, 0.05) is 14.2 Å². The molecule has 0 saturated heterocycles. The van der Waals surface area contributed by atoms with Gasteiger partial charge in [-0.05, 0) is 30.2 Å². The topological polar surface area (TPSA) is 123 Å². The van der Waals surface area contributed by atoms with Crippen molar-refractivity contribution in [2.24, 2.45) is 11.8 Å². The summed E-state index contributed by atoms with van der Waals surface area (Å²) in [5.41, 5.74) is 0.822. The van der Waals surface area contributed by atoms with Crippen molar-refractivity contribution in [2.75, 3.05) is 14.2 Å². The van der Waals surface area contributed by atoms with Crippen LogP contribution >= 0.6 is 7.60 Å². The number of rotatable bonds is 13. The summed E-state index contributed by atoms with van der Waals surface area (Å²) in [5, 5.41) is 16.0. The van der Waals surface area contributed by atoms with Crippen molar-refractivity contribution in [1.82, 2.24) is 10.6 Å². The van der Waals surface area contributed by atoms with Gasteiger partial charge >= 0.3 is 13.7 Å². The summed E-state index contributed by atoms with van der Waals surface area (Å²) in [7, 11) is -1.49. The predicted molar refractivity (Wildman–Crippen MR) is 122 cm³/mol. The number of aliphatic hydroxyl groups excluding tert-OH is 1. The minimum Gasteiger partial charge on any atom is -0.445 e. The maximum Gasteiger partial charge on any atom is 0.408 e. The monoisotopic (exact) mass is 472 g/mol. The van der Waals surface area contributed by atoms with Gasteiger partial charge in [-0.1, -0.05) is 58.0 Å². The fourth-order valence-electron chi connectivity index (χ4n) is 3.17. The third-order valence-electron chi connectivity index (χ3n) is 4.77. The Morgan fingerprint density at radius 1 is 0.969 bits per heavy atom. The second kappa shape index (κ2) is 13.6. The van der Waals surface area contributed by atoms with Crippen LogP contribution in [-0.4, -0.2) is 49.3 Å². The molecule has 0 bridgehead atoms. The maximum absolute atomic E-state index is 13.0. The molecule has 0 aromatic heterocycles. The lowest BCUT2D eigenvalue weighted by Gasteiger charge is -2.31. The minimum absolute atomic E-state index is 0.0717. The Bertz CT molecular complexity index is 750. The summed E-state index contributed by atoms with van der Waals surface area (Å²) in [6.07, 6.45) is -0.0468. The first-order valence-electron chi connectivity index (χ1n) is 10.7. The van der Waals surface area contributed by atoms with Gasteiger partial charge in [0.2, 0.25) is 5.91 Å². The number of nitrogens with one attached hydrogen (secondary N) is 2. The van der Waals surface area contributed by atoms with E-state index in [0.717, 1.165) is 5.56 Å². The van der Waals surface area contributed by atoms with Crippen molar-refractivity contribution in [1.29, 1.82) is 0 Å². The molecule has 10 heteroatoms.